The Kier molecular flexibility index (Phi) is 4.19. The van der Waals surface area contributed by atoms with E-state index in [9.17, 15) is 9.59 Å². The predicted molar refractivity (Wildman–Crippen MR) is 99.5 cm³/mol. The molecule has 2 amide bonds. The largest absolute Gasteiger partial charge is 0.325 e. The molecule has 0 atom stereocenters. The van der Waals surface area contributed by atoms with E-state index in [2.05, 4.69) is 10.3 Å². The molecule has 0 unspecified atom stereocenters. The monoisotopic (exact) mass is 343 g/mol. The van der Waals surface area contributed by atoms with Gasteiger partial charge in [-0.15, -0.1) is 0 Å². The number of fused-ring (bicyclic) bond motifs is 1. The summed E-state index contributed by atoms with van der Waals surface area (Å²) in [7, 11) is 0. The third-order valence-electron chi connectivity index (χ3n) is 4.41. The first kappa shape index (κ1) is 16.0. The molecule has 3 aromatic rings. The first-order valence-electron chi connectivity index (χ1n) is 8.39. The smallest absolute Gasteiger partial charge is 0.255 e. The molecule has 2 heterocycles. The van der Waals surface area contributed by atoms with E-state index in [1.165, 1.54) is 0 Å². The molecule has 4 rings (SSSR count). The summed E-state index contributed by atoms with van der Waals surface area (Å²) in [4.78, 5) is 31.2. The molecule has 1 aliphatic heterocycles. The van der Waals surface area contributed by atoms with Gasteiger partial charge in [0.15, 0.2) is 0 Å². The number of carbonyl (C=O) groups is 2. The van der Waals surface area contributed by atoms with E-state index in [0.29, 0.717) is 12.1 Å². The third-order valence-corrected chi connectivity index (χ3v) is 4.41. The second-order valence-corrected chi connectivity index (χ2v) is 6.15. The highest BCUT2D eigenvalue weighted by atomic mass is 16.2. The van der Waals surface area contributed by atoms with Gasteiger partial charge in [0.05, 0.1) is 5.56 Å². The van der Waals surface area contributed by atoms with Crippen molar-refractivity contribution >= 4 is 17.5 Å². The van der Waals surface area contributed by atoms with Gasteiger partial charge in [0, 0.05) is 30.2 Å². The number of rotatable bonds is 2. The van der Waals surface area contributed by atoms with Crippen molar-refractivity contribution in [1.82, 2.24) is 9.88 Å². The molecule has 1 aliphatic rings. The second kappa shape index (κ2) is 6.80. The Hall–Kier alpha value is -3.47. The fourth-order valence-corrected chi connectivity index (χ4v) is 3.15. The summed E-state index contributed by atoms with van der Waals surface area (Å²) < 4.78 is 0. The molecule has 0 bridgehead atoms. The van der Waals surface area contributed by atoms with Crippen LogP contribution in [-0.2, 0) is 11.3 Å². The maximum atomic E-state index is 13.2. The van der Waals surface area contributed by atoms with E-state index in [0.717, 1.165) is 22.4 Å². The van der Waals surface area contributed by atoms with Crippen LogP contribution in [0, 0.1) is 0 Å². The van der Waals surface area contributed by atoms with E-state index >= 15 is 0 Å². The molecule has 0 saturated heterocycles. The molecule has 0 radical (unpaired) electrons. The summed E-state index contributed by atoms with van der Waals surface area (Å²) in [5, 5.41) is 2.86. The lowest BCUT2D eigenvalue weighted by molar-refractivity contribution is -0.116. The molecule has 0 fully saturated rings. The van der Waals surface area contributed by atoms with Crippen LogP contribution >= 0.6 is 0 Å². The van der Waals surface area contributed by atoms with Crippen LogP contribution < -0.4 is 5.32 Å². The lowest BCUT2D eigenvalue weighted by Gasteiger charge is -2.21. The number of hydrogen-bond donors (Lipinski definition) is 1. The molecule has 1 aromatic heterocycles. The van der Waals surface area contributed by atoms with Crippen LogP contribution in [-0.4, -0.2) is 28.2 Å². The number of hydrogen-bond acceptors (Lipinski definition) is 3. The van der Waals surface area contributed by atoms with E-state index in [4.69, 9.17) is 0 Å². The number of aromatic nitrogens is 1. The number of amides is 2. The first-order valence-corrected chi connectivity index (χ1v) is 8.39. The standard InChI is InChI=1S/C21H17N3O2/c25-20-14-24(13-16-8-4-5-9-19(16)23-20)21(26)17-10-11-22-12-18(17)15-6-2-1-3-7-15/h1-12H,13-14H2,(H,23,25). The predicted octanol–water partition coefficient (Wildman–Crippen LogP) is 3.34. The Morgan fingerprint density at radius 3 is 2.58 bits per heavy atom. The Balaban J connectivity index is 1.72. The van der Waals surface area contributed by atoms with Crippen molar-refractivity contribution < 1.29 is 9.59 Å². The van der Waals surface area contributed by atoms with Crippen molar-refractivity contribution in [3.63, 3.8) is 0 Å². The number of benzene rings is 2. The highest BCUT2D eigenvalue weighted by molar-refractivity contribution is 6.04. The minimum atomic E-state index is -0.196. The number of nitrogens with one attached hydrogen (secondary N) is 1. The average Bonchev–Trinajstić information content (AvgIpc) is 2.86. The zero-order valence-corrected chi connectivity index (χ0v) is 14.1. The van der Waals surface area contributed by atoms with Crippen molar-refractivity contribution in [2.45, 2.75) is 6.54 Å². The van der Waals surface area contributed by atoms with Gasteiger partial charge in [-0.2, -0.15) is 0 Å². The highest BCUT2D eigenvalue weighted by Crippen LogP contribution is 2.26. The summed E-state index contributed by atoms with van der Waals surface area (Å²) in [6.07, 6.45) is 3.29. The van der Waals surface area contributed by atoms with Crippen molar-refractivity contribution in [1.29, 1.82) is 0 Å². The minimum absolute atomic E-state index is 0.0179. The molecule has 2 aromatic carbocycles. The summed E-state index contributed by atoms with van der Waals surface area (Å²) in [6.45, 7) is 0.397. The lowest BCUT2D eigenvalue weighted by atomic mass is 10.0. The SMILES string of the molecule is O=C1CN(C(=O)c2ccncc2-c2ccccc2)Cc2ccccc2N1. The molecule has 26 heavy (non-hydrogen) atoms. The van der Waals surface area contributed by atoms with Gasteiger partial charge in [-0.3, -0.25) is 14.6 Å². The minimum Gasteiger partial charge on any atom is -0.325 e. The summed E-state index contributed by atoms with van der Waals surface area (Å²) in [5.74, 6) is -0.378. The normalized spacial score (nSPS) is 13.5. The van der Waals surface area contributed by atoms with Crippen LogP contribution in [0.5, 0.6) is 0 Å². The van der Waals surface area contributed by atoms with Gasteiger partial charge in [-0.25, -0.2) is 0 Å². The van der Waals surface area contributed by atoms with Crippen molar-refractivity contribution in [3.8, 4) is 11.1 Å². The van der Waals surface area contributed by atoms with Crippen molar-refractivity contribution in [2.75, 3.05) is 11.9 Å². The number of nitrogens with zero attached hydrogens (tertiary/aromatic N) is 2. The van der Waals surface area contributed by atoms with Gasteiger partial charge in [0.25, 0.3) is 5.91 Å². The van der Waals surface area contributed by atoms with E-state index in [1.807, 2.05) is 54.6 Å². The lowest BCUT2D eigenvalue weighted by Crippen LogP contribution is -2.35. The fourth-order valence-electron chi connectivity index (χ4n) is 3.15. The molecule has 0 saturated carbocycles. The quantitative estimate of drug-likeness (QED) is 0.776. The molecule has 5 heteroatoms. The van der Waals surface area contributed by atoms with Crippen molar-refractivity contribution in [2.24, 2.45) is 0 Å². The Morgan fingerprint density at radius 2 is 1.73 bits per heavy atom. The zero-order valence-electron chi connectivity index (χ0n) is 14.1. The zero-order chi connectivity index (χ0) is 17.9. The Bertz CT molecular complexity index is 970. The Labute approximate surface area is 151 Å². The number of para-hydroxylation sites is 1. The van der Waals surface area contributed by atoms with Crippen LogP contribution in [0.4, 0.5) is 5.69 Å². The van der Waals surface area contributed by atoms with E-state index < -0.39 is 0 Å². The Morgan fingerprint density at radius 1 is 0.962 bits per heavy atom. The van der Waals surface area contributed by atoms with Gasteiger partial charge in [-0.1, -0.05) is 48.5 Å². The van der Waals surface area contributed by atoms with Gasteiger partial charge < -0.3 is 10.2 Å². The van der Waals surface area contributed by atoms with Gasteiger partial charge in [0.2, 0.25) is 5.91 Å². The third kappa shape index (κ3) is 3.07. The van der Waals surface area contributed by atoms with Gasteiger partial charge >= 0.3 is 0 Å². The number of anilines is 1. The fraction of sp³-hybridized carbons (Fsp3) is 0.0952. The van der Waals surface area contributed by atoms with Crippen LogP contribution in [0.25, 0.3) is 11.1 Å². The summed E-state index contributed by atoms with van der Waals surface area (Å²) in [6, 6.07) is 18.9. The molecular weight excluding hydrogens is 326 g/mol. The molecule has 1 N–H and O–H groups in total. The number of carbonyl (C=O) groups excluding carboxylic acids is 2. The maximum absolute atomic E-state index is 13.2. The number of pyridine rings is 1. The van der Waals surface area contributed by atoms with Crippen LogP contribution in [0.3, 0.4) is 0 Å². The summed E-state index contributed by atoms with van der Waals surface area (Å²) >= 11 is 0. The molecule has 128 valence electrons. The van der Waals surface area contributed by atoms with Crippen LogP contribution in [0.1, 0.15) is 15.9 Å². The topological polar surface area (TPSA) is 62.3 Å². The highest BCUT2D eigenvalue weighted by Gasteiger charge is 2.25. The van der Waals surface area contributed by atoms with E-state index in [1.54, 1.807) is 23.4 Å². The first-order chi connectivity index (χ1) is 12.7. The average molecular weight is 343 g/mol. The van der Waals surface area contributed by atoms with Crippen LogP contribution in [0.15, 0.2) is 73.1 Å². The molecule has 0 spiro atoms. The molecule has 5 nitrogen and oxygen atoms in total. The van der Waals surface area contributed by atoms with Gasteiger partial charge in [-0.05, 0) is 23.3 Å². The van der Waals surface area contributed by atoms with Gasteiger partial charge in [0.1, 0.15) is 6.54 Å². The summed E-state index contributed by atoms with van der Waals surface area (Å²) in [5.41, 5.74) is 3.89. The van der Waals surface area contributed by atoms with Crippen LogP contribution in [0.2, 0.25) is 0 Å². The van der Waals surface area contributed by atoms with E-state index in [-0.39, 0.29) is 18.4 Å². The van der Waals surface area contributed by atoms with Crippen molar-refractivity contribution in [3.05, 3.63) is 84.2 Å². The molecular formula is C21H17N3O2. The second-order valence-electron chi connectivity index (χ2n) is 6.15. The maximum Gasteiger partial charge on any atom is 0.255 e. The molecule has 0 aliphatic carbocycles.